The topological polar surface area (TPSA) is 33.4 Å². The first kappa shape index (κ1) is 13.9. The van der Waals surface area contributed by atoms with Gasteiger partial charge < -0.3 is 4.90 Å². The molecule has 0 saturated heterocycles. The zero-order valence-corrected chi connectivity index (χ0v) is 13.5. The van der Waals surface area contributed by atoms with Gasteiger partial charge in [-0.25, -0.2) is 9.50 Å². The highest BCUT2D eigenvalue weighted by atomic mass is 79.9. The molecule has 1 fully saturated rings. The molecule has 0 amide bonds. The fourth-order valence-corrected chi connectivity index (χ4v) is 3.58. The first-order valence-electron chi connectivity index (χ1n) is 7.43. The van der Waals surface area contributed by atoms with Gasteiger partial charge in [-0.2, -0.15) is 5.10 Å². The number of rotatable bonds is 4. The molecule has 1 saturated carbocycles. The summed E-state index contributed by atoms with van der Waals surface area (Å²) >= 11 is 3.59. The highest BCUT2D eigenvalue weighted by Gasteiger charge is 2.23. The maximum absolute atomic E-state index is 4.66. The molecule has 0 aliphatic heterocycles. The number of hydrogen-bond acceptors (Lipinski definition) is 3. The molecule has 3 rings (SSSR count). The lowest BCUT2D eigenvalue weighted by molar-refractivity contribution is 0.417. The molecule has 2 aromatic heterocycles. The van der Waals surface area contributed by atoms with Crippen molar-refractivity contribution in [3.05, 3.63) is 24.2 Å². The summed E-state index contributed by atoms with van der Waals surface area (Å²) in [5.74, 6) is 1.08. The molecule has 0 atom stereocenters. The number of halogens is 1. The van der Waals surface area contributed by atoms with Crippen molar-refractivity contribution < 1.29 is 0 Å². The number of hydrogen-bond donors (Lipinski definition) is 0. The van der Waals surface area contributed by atoms with Gasteiger partial charge in [-0.15, -0.1) is 0 Å². The van der Waals surface area contributed by atoms with E-state index < -0.39 is 0 Å². The van der Waals surface area contributed by atoms with E-state index in [-0.39, 0.29) is 0 Å². The minimum absolute atomic E-state index is 0.621. The van der Waals surface area contributed by atoms with Crippen molar-refractivity contribution in [3.63, 3.8) is 0 Å². The van der Waals surface area contributed by atoms with Crippen molar-refractivity contribution in [1.29, 1.82) is 0 Å². The Morgan fingerprint density at radius 3 is 2.90 bits per heavy atom. The lowest BCUT2D eigenvalue weighted by atomic mass is 9.94. The van der Waals surface area contributed by atoms with Crippen LogP contribution in [0.15, 0.2) is 18.5 Å². The minimum atomic E-state index is 0.621. The van der Waals surface area contributed by atoms with Gasteiger partial charge in [-0.1, -0.05) is 35.2 Å². The lowest BCUT2D eigenvalue weighted by Gasteiger charge is -2.35. The van der Waals surface area contributed by atoms with E-state index in [1.807, 2.05) is 23.8 Å². The average Bonchev–Trinajstić information content (AvgIpc) is 2.86. The van der Waals surface area contributed by atoms with Gasteiger partial charge in [0, 0.05) is 30.3 Å². The number of fused-ring (bicyclic) bond motifs is 1. The third-order valence-electron chi connectivity index (χ3n) is 4.10. The third kappa shape index (κ3) is 2.68. The van der Waals surface area contributed by atoms with Crippen molar-refractivity contribution in [2.24, 2.45) is 0 Å². The molecule has 0 aromatic carbocycles. The summed E-state index contributed by atoms with van der Waals surface area (Å²) in [6.45, 7) is 3.04. The van der Waals surface area contributed by atoms with E-state index in [1.54, 1.807) is 0 Å². The van der Waals surface area contributed by atoms with Crippen molar-refractivity contribution in [1.82, 2.24) is 14.6 Å². The zero-order chi connectivity index (χ0) is 13.9. The smallest absolute Gasteiger partial charge is 0.154 e. The Kier molecular flexibility index (Phi) is 4.24. The molecule has 1 aliphatic rings. The zero-order valence-electron chi connectivity index (χ0n) is 11.9. The molecule has 0 N–H and O–H groups in total. The van der Waals surface area contributed by atoms with E-state index in [1.165, 1.54) is 32.1 Å². The van der Waals surface area contributed by atoms with Crippen LogP contribution in [-0.2, 0) is 0 Å². The molecular formula is C15H21BrN4. The lowest BCUT2D eigenvalue weighted by Crippen LogP contribution is -2.39. The molecule has 108 valence electrons. The van der Waals surface area contributed by atoms with Crippen molar-refractivity contribution in [3.8, 4) is 0 Å². The van der Waals surface area contributed by atoms with Crippen LogP contribution < -0.4 is 4.90 Å². The molecule has 4 nitrogen and oxygen atoms in total. The van der Waals surface area contributed by atoms with E-state index in [0.29, 0.717) is 6.04 Å². The van der Waals surface area contributed by atoms with Crippen LogP contribution in [0.1, 0.15) is 37.8 Å². The van der Waals surface area contributed by atoms with E-state index in [9.17, 15) is 0 Å². The van der Waals surface area contributed by atoms with Gasteiger partial charge in [0.1, 0.15) is 5.52 Å². The third-order valence-corrected chi connectivity index (χ3v) is 4.46. The first-order chi connectivity index (χ1) is 9.79. The molecule has 5 heteroatoms. The van der Waals surface area contributed by atoms with E-state index >= 15 is 0 Å². The van der Waals surface area contributed by atoms with Crippen LogP contribution in [-0.4, -0.2) is 32.5 Å². The van der Waals surface area contributed by atoms with Crippen LogP contribution in [0.3, 0.4) is 0 Å². The molecule has 1 aliphatic carbocycles. The van der Waals surface area contributed by atoms with Crippen LogP contribution >= 0.6 is 15.9 Å². The number of nitrogens with zero attached hydrogens (tertiary/aromatic N) is 4. The quantitative estimate of drug-likeness (QED) is 0.800. The summed E-state index contributed by atoms with van der Waals surface area (Å²) in [6, 6.07) is 2.75. The van der Waals surface area contributed by atoms with Gasteiger partial charge in [0.2, 0.25) is 0 Å². The van der Waals surface area contributed by atoms with Crippen LogP contribution in [0, 0.1) is 6.92 Å². The number of aryl methyl sites for hydroxylation is 1. The Morgan fingerprint density at radius 1 is 1.35 bits per heavy atom. The summed E-state index contributed by atoms with van der Waals surface area (Å²) in [7, 11) is 0. The highest BCUT2D eigenvalue weighted by molar-refractivity contribution is 9.09. The number of anilines is 1. The van der Waals surface area contributed by atoms with E-state index in [2.05, 4.69) is 37.0 Å². The largest absolute Gasteiger partial charge is 0.351 e. The van der Waals surface area contributed by atoms with E-state index in [4.69, 9.17) is 0 Å². The summed E-state index contributed by atoms with van der Waals surface area (Å²) in [6.07, 6.45) is 10.4. The van der Waals surface area contributed by atoms with Gasteiger partial charge in [0.25, 0.3) is 0 Å². The standard InChI is InChI=1S/C15H21BrN4/c1-12-11-14-15(17-8-10-20(14)18-12)19(9-7-16)13-5-3-2-4-6-13/h8,10-11,13H,2-7,9H2,1H3. The van der Waals surface area contributed by atoms with Gasteiger partial charge in [0.15, 0.2) is 5.82 Å². The normalized spacial score (nSPS) is 16.7. The summed E-state index contributed by atoms with van der Waals surface area (Å²) < 4.78 is 1.95. The highest BCUT2D eigenvalue weighted by Crippen LogP contribution is 2.29. The van der Waals surface area contributed by atoms with Crippen molar-refractivity contribution in [2.45, 2.75) is 45.1 Å². The van der Waals surface area contributed by atoms with Crippen LogP contribution in [0.4, 0.5) is 5.82 Å². The van der Waals surface area contributed by atoms with E-state index in [0.717, 1.165) is 28.9 Å². The Labute approximate surface area is 128 Å². The maximum atomic E-state index is 4.66. The number of aromatic nitrogens is 3. The van der Waals surface area contributed by atoms with Gasteiger partial charge >= 0.3 is 0 Å². The Morgan fingerprint density at radius 2 is 2.15 bits per heavy atom. The molecule has 2 heterocycles. The molecule has 20 heavy (non-hydrogen) atoms. The Hall–Kier alpha value is -1.10. The Bertz CT molecular complexity index is 574. The molecule has 0 radical (unpaired) electrons. The van der Waals surface area contributed by atoms with Crippen molar-refractivity contribution >= 4 is 27.3 Å². The van der Waals surface area contributed by atoms with Gasteiger partial charge in [-0.05, 0) is 25.8 Å². The minimum Gasteiger partial charge on any atom is -0.351 e. The fraction of sp³-hybridized carbons (Fsp3) is 0.600. The fourth-order valence-electron chi connectivity index (χ4n) is 3.20. The molecule has 0 spiro atoms. The maximum Gasteiger partial charge on any atom is 0.154 e. The Balaban J connectivity index is 1.99. The summed E-state index contributed by atoms with van der Waals surface area (Å²) in [5, 5.41) is 5.47. The summed E-state index contributed by atoms with van der Waals surface area (Å²) in [4.78, 5) is 7.14. The predicted molar refractivity (Wildman–Crippen MR) is 85.7 cm³/mol. The second-order valence-electron chi connectivity index (χ2n) is 5.54. The molecule has 0 bridgehead atoms. The van der Waals surface area contributed by atoms with Crippen LogP contribution in [0.2, 0.25) is 0 Å². The first-order valence-corrected chi connectivity index (χ1v) is 8.55. The van der Waals surface area contributed by atoms with Crippen LogP contribution in [0.25, 0.3) is 5.52 Å². The monoisotopic (exact) mass is 336 g/mol. The summed E-state index contributed by atoms with van der Waals surface area (Å²) in [5.41, 5.74) is 2.17. The number of alkyl halides is 1. The average molecular weight is 337 g/mol. The van der Waals surface area contributed by atoms with Crippen LogP contribution in [0.5, 0.6) is 0 Å². The second kappa shape index (κ2) is 6.12. The van der Waals surface area contributed by atoms with Gasteiger partial charge in [0.05, 0.1) is 5.69 Å². The van der Waals surface area contributed by atoms with Gasteiger partial charge in [-0.3, -0.25) is 0 Å². The molecule has 0 unspecified atom stereocenters. The second-order valence-corrected chi connectivity index (χ2v) is 6.33. The van der Waals surface area contributed by atoms with Crippen molar-refractivity contribution in [2.75, 3.05) is 16.8 Å². The molecular weight excluding hydrogens is 316 g/mol. The molecule has 2 aromatic rings. The predicted octanol–water partition coefficient (Wildman–Crippen LogP) is 3.57. The SMILES string of the molecule is Cc1cc2c(N(CCBr)C3CCCCC3)nccn2n1.